The Morgan fingerprint density at radius 2 is 2.18 bits per heavy atom. The van der Waals surface area contributed by atoms with E-state index >= 15 is 0 Å². The Bertz CT molecular complexity index is 395. The minimum Gasteiger partial charge on any atom is -0.368 e. The van der Waals surface area contributed by atoms with E-state index in [1.165, 1.54) is 0 Å². The number of pyridine rings is 1. The van der Waals surface area contributed by atoms with Crippen molar-refractivity contribution in [3.05, 3.63) is 24.0 Å². The van der Waals surface area contributed by atoms with Gasteiger partial charge in [-0.05, 0) is 40.1 Å². The summed E-state index contributed by atoms with van der Waals surface area (Å²) >= 11 is 0. The molecule has 0 amide bonds. The first-order valence-electron chi connectivity index (χ1n) is 5.86. The Hall–Kier alpha value is -1.60. The summed E-state index contributed by atoms with van der Waals surface area (Å²) in [5.74, 6) is 0. The van der Waals surface area contributed by atoms with Crippen LogP contribution in [0.3, 0.4) is 0 Å². The van der Waals surface area contributed by atoms with E-state index in [1.807, 2.05) is 12.1 Å². The second-order valence-electron chi connectivity index (χ2n) is 4.41. The highest BCUT2D eigenvalue weighted by Crippen LogP contribution is 2.17. The quantitative estimate of drug-likeness (QED) is 0.775. The molecule has 17 heavy (non-hydrogen) atoms. The molecule has 1 rings (SSSR count). The van der Waals surface area contributed by atoms with Gasteiger partial charge in [0.25, 0.3) is 0 Å². The molecule has 0 fully saturated rings. The van der Waals surface area contributed by atoms with Crippen molar-refractivity contribution in [2.45, 2.75) is 19.9 Å². The molecule has 92 valence electrons. The molecule has 1 aromatic rings. The van der Waals surface area contributed by atoms with Crippen LogP contribution in [0.2, 0.25) is 0 Å². The van der Waals surface area contributed by atoms with Gasteiger partial charge < -0.3 is 9.80 Å². The fraction of sp³-hybridized carbons (Fsp3) is 0.538. The summed E-state index contributed by atoms with van der Waals surface area (Å²) in [6, 6.07) is 6.28. The molecular formula is C13H20N4. The maximum absolute atomic E-state index is 8.86. The largest absolute Gasteiger partial charge is 0.368 e. The van der Waals surface area contributed by atoms with Gasteiger partial charge in [-0.2, -0.15) is 5.26 Å². The van der Waals surface area contributed by atoms with Crippen LogP contribution < -0.4 is 4.90 Å². The van der Waals surface area contributed by atoms with E-state index in [0.29, 0.717) is 11.7 Å². The molecule has 0 saturated carbocycles. The summed E-state index contributed by atoms with van der Waals surface area (Å²) in [6.45, 7) is 6.22. The fourth-order valence-corrected chi connectivity index (χ4v) is 2.03. The maximum atomic E-state index is 8.86. The van der Waals surface area contributed by atoms with Crippen molar-refractivity contribution in [2.24, 2.45) is 0 Å². The van der Waals surface area contributed by atoms with E-state index in [1.54, 1.807) is 6.20 Å². The van der Waals surface area contributed by atoms with E-state index < -0.39 is 0 Å². The van der Waals surface area contributed by atoms with E-state index in [-0.39, 0.29) is 0 Å². The molecular weight excluding hydrogens is 212 g/mol. The van der Waals surface area contributed by atoms with E-state index in [9.17, 15) is 0 Å². The van der Waals surface area contributed by atoms with Crippen LogP contribution in [-0.4, -0.2) is 43.1 Å². The molecule has 0 radical (unpaired) electrons. The first-order valence-corrected chi connectivity index (χ1v) is 5.86. The monoisotopic (exact) mass is 232 g/mol. The summed E-state index contributed by atoms with van der Waals surface area (Å²) in [5.41, 5.74) is 1.53. The second-order valence-corrected chi connectivity index (χ2v) is 4.41. The number of likely N-dealkylation sites (N-methyl/N-ethyl adjacent to an activating group) is 2. The minimum absolute atomic E-state index is 0.406. The SMILES string of the molecule is CCN(c1ccnc(C#N)c1)C(C)CN(C)C. The van der Waals surface area contributed by atoms with Gasteiger partial charge in [-0.25, -0.2) is 4.98 Å². The molecule has 1 heterocycles. The van der Waals surface area contributed by atoms with Gasteiger partial charge in [0.05, 0.1) is 0 Å². The standard InChI is InChI=1S/C13H20N4/c1-5-17(11(2)10-16(3)4)13-6-7-15-12(8-13)9-14/h6-8,11H,5,10H2,1-4H3. The number of anilines is 1. The summed E-state index contributed by atoms with van der Waals surface area (Å²) in [5, 5.41) is 8.86. The van der Waals surface area contributed by atoms with Gasteiger partial charge in [-0.3, -0.25) is 0 Å². The lowest BCUT2D eigenvalue weighted by molar-refractivity contribution is 0.373. The topological polar surface area (TPSA) is 43.2 Å². The van der Waals surface area contributed by atoms with Crippen LogP contribution in [0.1, 0.15) is 19.5 Å². The maximum Gasteiger partial charge on any atom is 0.142 e. The molecule has 4 nitrogen and oxygen atoms in total. The molecule has 0 aliphatic carbocycles. The normalized spacial score (nSPS) is 12.2. The highest BCUT2D eigenvalue weighted by Gasteiger charge is 2.14. The van der Waals surface area contributed by atoms with Gasteiger partial charge in [0.2, 0.25) is 0 Å². The number of rotatable bonds is 5. The van der Waals surface area contributed by atoms with E-state index in [0.717, 1.165) is 18.8 Å². The molecule has 0 N–H and O–H groups in total. The van der Waals surface area contributed by atoms with Crippen LogP contribution in [0.15, 0.2) is 18.3 Å². The lowest BCUT2D eigenvalue weighted by atomic mass is 10.2. The Kier molecular flexibility index (Phi) is 4.92. The molecule has 0 spiro atoms. The number of nitrogens with zero attached hydrogens (tertiary/aromatic N) is 4. The third kappa shape index (κ3) is 3.72. The first kappa shape index (κ1) is 13.5. The summed E-state index contributed by atoms with van der Waals surface area (Å²) < 4.78 is 0. The van der Waals surface area contributed by atoms with Gasteiger partial charge >= 0.3 is 0 Å². The molecule has 0 aromatic carbocycles. The van der Waals surface area contributed by atoms with Gasteiger partial charge in [0.1, 0.15) is 11.8 Å². The van der Waals surface area contributed by atoms with E-state index in [2.05, 4.69) is 48.8 Å². The average molecular weight is 232 g/mol. The molecule has 1 aromatic heterocycles. The van der Waals surface area contributed by atoms with Crippen molar-refractivity contribution >= 4 is 5.69 Å². The average Bonchev–Trinajstić information content (AvgIpc) is 2.29. The van der Waals surface area contributed by atoms with Crippen molar-refractivity contribution in [1.29, 1.82) is 5.26 Å². The zero-order chi connectivity index (χ0) is 12.8. The van der Waals surface area contributed by atoms with Crippen LogP contribution in [0.4, 0.5) is 5.69 Å². The third-order valence-corrected chi connectivity index (χ3v) is 2.69. The minimum atomic E-state index is 0.406. The Morgan fingerprint density at radius 1 is 1.47 bits per heavy atom. The number of nitriles is 1. The van der Waals surface area contributed by atoms with Gasteiger partial charge in [0.15, 0.2) is 0 Å². The van der Waals surface area contributed by atoms with Crippen LogP contribution in [0, 0.1) is 11.3 Å². The number of hydrogen-bond acceptors (Lipinski definition) is 4. The third-order valence-electron chi connectivity index (χ3n) is 2.69. The van der Waals surface area contributed by atoms with Gasteiger partial charge in [-0.1, -0.05) is 0 Å². The van der Waals surface area contributed by atoms with E-state index in [4.69, 9.17) is 5.26 Å². The zero-order valence-corrected chi connectivity index (χ0v) is 11.0. The Morgan fingerprint density at radius 3 is 2.71 bits per heavy atom. The van der Waals surface area contributed by atoms with Crippen molar-refractivity contribution in [3.8, 4) is 6.07 Å². The molecule has 4 heteroatoms. The summed E-state index contributed by atoms with van der Waals surface area (Å²) in [6.07, 6.45) is 1.69. The predicted octanol–water partition coefficient (Wildman–Crippen LogP) is 1.73. The highest BCUT2D eigenvalue weighted by atomic mass is 15.2. The Balaban J connectivity index is 2.89. The van der Waals surface area contributed by atoms with Crippen molar-refractivity contribution in [1.82, 2.24) is 9.88 Å². The molecule has 1 unspecified atom stereocenters. The molecule has 0 aliphatic rings. The summed E-state index contributed by atoms with van der Waals surface area (Å²) in [7, 11) is 4.13. The van der Waals surface area contributed by atoms with Gasteiger partial charge in [0, 0.05) is 31.0 Å². The highest BCUT2D eigenvalue weighted by molar-refractivity contribution is 5.49. The van der Waals surface area contributed by atoms with Crippen LogP contribution in [0.25, 0.3) is 0 Å². The molecule has 0 aliphatic heterocycles. The zero-order valence-electron chi connectivity index (χ0n) is 11.0. The van der Waals surface area contributed by atoms with Crippen molar-refractivity contribution in [3.63, 3.8) is 0 Å². The lowest BCUT2D eigenvalue weighted by Crippen LogP contribution is -2.40. The van der Waals surface area contributed by atoms with Crippen molar-refractivity contribution < 1.29 is 0 Å². The predicted molar refractivity (Wildman–Crippen MR) is 70.0 cm³/mol. The second kappa shape index (κ2) is 6.21. The van der Waals surface area contributed by atoms with Crippen LogP contribution in [0.5, 0.6) is 0 Å². The fourth-order valence-electron chi connectivity index (χ4n) is 2.03. The van der Waals surface area contributed by atoms with Gasteiger partial charge in [-0.15, -0.1) is 0 Å². The van der Waals surface area contributed by atoms with Crippen LogP contribution >= 0.6 is 0 Å². The first-order chi connectivity index (χ1) is 8.08. The Labute approximate surface area is 103 Å². The number of hydrogen-bond donors (Lipinski definition) is 0. The lowest BCUT2D eigenvalue weighted by Gasteiger charge is -2.32. The van der Waals surface area contributed by atoms with Crippen molar-refractivity contribution in [2.75, 3.05) is 32.1 Å². The smallest absolute Gasteiger partial charge is 0.142 e. The molecule has 0 bridgehead atoms. The molecule has 0 saturated heterocycles. The van der Waals surface area contributed by atoms with Crippen LogP contribution in [-0.2, 0) is 0 Å². The number of aromatic nitrogens is 1. The summed E-state index contributed by atoms with van der Waals surface area (Å²) in [4.78, 5) is 8.44. The molecule has 1 atom stereocenters.